The fourth-order valence-electron chi connectivity index (χ4n) is 1.46. The molecule has 0 spiro atoms. The van der Waals surface area contributed by atoms with Crippen LogP contribution in [0.5, 0.6) is 0 Å². The Morgan fingerprint density at radius 2 is 2.25 bits per heavy atom. The zero-order chi connectivity index (χ0) is 12.0. The number of methoxy groups -OCH3 is 1. The third kappa shape index (κ3) is 4.42. The Bertz CT molecular complexity index is 333. The SMILES string of the molecule is CCC(COC)NCc1cc(Cl)ccc1Br. The molecule has 1 N–H and O–H groups in total. The van der Waals surface area contributed by atoms with Crippen LogP contribution >= 0.6 is 27.5 Å². The van der Waals surface area contributed by atoms with Gasteiger partial charge in [-0.1, -0.05) is 34.5 Å². The van der Waals surface area contributed by atoms with Gasteiger partial charge < -0.3 is 10.1 Å². The van der Waals surface area contributed by atoms with Crippen LogP contribution in [0.1, 0.15) is 18.9 Å². The van der Waals surface area contributed by atoms with Crippen LogP contribution in [0.2, 0.25) is 5.02 Å². The first-order valence-electron chi connectivity index (χ1n) is 5.33. The summed E-state index contributed by atoms with van der Waals surface area (Å²) in [6.45, 7) is 3.67. The van der Waals surface area contributed by atoms with E-state index >= 15 is 0 Å². The van der Waals surface area contributed by atoms with Crippen molar-refractivity contribution in [3.63, 3.8) is 0 Å². The van der Waals surface area contributed by atoms with Crippen molar-refractivity contribution < 1.29 is 4.74 Å². The third-order valence-corrected chi connectivity index (χ3v) is 3.46. The number of halogens is 2. The molecule has 0 heterocycles. The van der Waals surface area contributed by atoms with Gasteiger partial charge in [0, 0.05) is 29.2 Å². The van der Waals surface area contributed by atoms with Crippen molar-refractivity contribution in [2.75, 3.05) is 13.7 Å². The molecule has 16 heavy (non-hydrogen) atoms. The smallest absolute Gasteiger partial charge is 0.0615 e. The van der Waals surface area contributed by atoms with Crippen molar-refractivity contribution in [3.05, 3.63) is 33.3 Å². The van der Waals surface area contributed by atoms with Crippen LogP contribution in [0.3, 0.4) is 0 Å². The van der Waals surface area contributed by atoms with Gasteiger partial charge in [0.2, 0.25) is 0 Å². The molecule has 0 bridgehead atoms. The second kappa shape index (κ2) is 7.28. The lowest BCUT2D eigenvalue weighted by Crippen LogP contribution is -2.32. The van der Waals surface area contributed by atoms with Gasteiger partial charge in [-0.15, -0.1) is 0 Å². The van der Waals surface area contributed by atoms with Gasteiger partial charge in [0.15, 0.2) is 0 Å². The molecule has 0 saturated carbocycles. The zero-order valence-electron chi connectivity index (χ0n) is 9.59. The molecular formula is C12H17BrClNO. The summed E-state index contributed by atoms with van der Waals surface area (Å²) in [5.41, 5.74) is 1.17. The standard InChI is InChI=1S/C12H17BrClNO/c1-3-11(8-16-2)15-7-9-6-10(14)4-5-12(9)13/h4-6,11,15H,3,7-8H2,1-2H3. The monoisotopic (exact) mass is 305 g/mol. The van der Waals surface area contributed by atoms with Crippen LogP contribution in [-0.4, -0.2) is 19.8 Å². The van der Waals surface area contributed by atoms with Gasteiger partial charge in [-0.05, 0) is 30.2 Å². The van der Waals surface area contributed by atoms with Crippen LogP contribution < -0.4 is 5.32 Å². The van der Waals surface area contributed by atoms with Gasteiger partial charge in [0.25, 0.3) is 0 Å². The highest BCUT2D eigenvalue weighted by Gasteiger charge is 2.06. The van der Waals surface area contributed by atoms with E-state index in [1.165, 1.54) is 5.56 Å². The molecule has 4 heteroatoms. The number of benzene rings is 1. The first kappa shape index (κ1) is 14.0. The van der Waals surface area contributed by atoms with E-state index in [4.69, 9.17) is 16.3 Å². The summed E-state index contributed by atoms with van der Waals surface area (Å²) in [6.07, 6.45) is 1.05. The number of nitrogens with one attached hydrogen (secondary N) is 1. The van der Waals surface area contributed by atoms with Crippen molar-refractivity contribution >= 4 is 27.5 Å². The van der Waals surface area contributed by atoms with Crippen molar-refractivity contribution in [1.82, 2.24) is 5.32 Å². The Hall–Kier alpha value is -0.0900. The van der Waals surface area contributed by atoms with Gasteiger partial charge in [-0.3, -0.25) is 0 Å². The molecule has 0 aliphatic carbocycles. The molecule has 0 amide bonds. The maximum absolute atomic E-state index is 5.95. The van der Waals surface area contributed by atoms with E-state index in [0.717, 1.165) is 29.1 Å². The summed E-state index contributed by atoms with van der Waals surface area (Å²) in [5, 5.41) is 4.20. The van der Waals surface area contributed by atoms with Crippen molar-refractivity contribution in [3.8, 4) is 0 Å². The average molecular weight is 307 g/mol. The van der Waals surface area contributed by atoms with Crippen LogP contribution in [0.25, 0.3) is 0 Å². The molecule has 1 aromatic carbocycles. The minimum absolute atomic E-state index is 0.385. The van der Waals surface area contributed by atoms with E-state index in [1.807, 2.05) is 18.2 Å². The van der Waals surface area contributed by atoms with Gasteiger partial charge in [0.05, 0.1) is 6.61 Å². The number of ether oxygens (including phenoxy) is 1. The normalized spacial score (nSPS) is 12.8. The number of hydrogen-bond donors (Lipinski definition) is 1. The highest BCUT2D eigenvalue weighted by atomic mass is 79.9. The second-order valence-electron chi connectivity index (χ2n) is 3.68. The highest BCUT2D eigenvalue weighted by molar-refractivity contribution is 9.10. The van der Waals surface area contributed by atoms with Gasteiger partial charge in [0.1, 0.15) is 0 Å². The molecule has 0 aliphatic heterocycles. The van der Waals surface area contributed by atoms with E-state index in [0.29, 0.717) is 6.04 Å². The maximum Gasteiger partial charge on any atom is 0.0615 e. The van der Waals surface area contributed by atoms with E-state index in [1.54, 1.807) is 7.11 Å². The minimum atomic E-state index is 0.385. The molecule has 2 nitrogen and oxygen atoms in total. The first-order chi connectivity index (χ1) is 7.67. The second-order valence-corrected chi connectivity index (χ2v) is 4.97. The quantitative estimate of drug-likeness (QED) is 0.867. The van der Waals surface area contributed by atoms with E-state index < -0.39 is 0 Å². The summed E-state index contributed by atoms with van der Waals surface area (Å²) >= 11 is 9.47. The minimum Gasteiger partial charge on any atom is -0.383 e. The molecule has 1 aromatic rings. The average Bonchev–Trinajstić information content (AvgIpc) is 2.28. The summed E-state index contributed by atoms with van der Waals surface area (Å²) in [5.74, 6) is 0. The Balaban J connectivity index is 2.55. The Labute approximate surface area is 110 Å². The molecule has 0 aromatic heterocycles. The Morgan fingerprint density at radius 3 is 2.88 bits per heavy atom. The molecule has 1 unspecified atom stereocenters. The maximum atomic E-state index is 5.95. The molecule has 0 fully saturated rings. The van der Waals surface area contributed by atoms with E-state index in [9.17, 15) is 0 Å². The molecule has 1 rings (SSSR count). The van der Waals surface area contributed by atoms with Gasteiger partial charge in [-0.25, -0.2) is 0 Å². The Morgan fingerprint density at radius 1 is 1.50 bits per heavy atom. The Kier molecular flexibility index (Phi) is 6.36. The largest absolute Gasteiger partial charge is 0.383 e. The lowest BCUT2D eigenvalue weighted by Gasteiger charge is -2.16. The summed E-state index contributed by atoms with van der Waals surface area (Å²) in [4.78, 5) is 0. The number of rotatable bonds is 6. The predicted molar refractivity (Wildman–Crippen MR) is 71.9 cm³/mol. The molecule has 1 atom stereocenters. The lowest BCUT2D eigenvalue weighted by molar-refractivity contribution is 0.164. The van der Waals surface area contributed by atoms with Gasteiger partial charge in [-0.2, -0.15) is 0 Å². The van der Waals surface area contributed by atoms with Crippen LogP contribution in [0, 0.1) is 0 Å². The summed E-state index contributed by atoms with van der Waals surface area (Å²) < 4.78 is 6.22. The van der Waals surface area contributed by atoms with Crippen molar-refractivity contribution in [2.45, 2.75) is 25.9 Å². The molecular weight excluding hydrogens is 289 g/mol. The fraction of sp³-hybridized carbons (Fsp3) is 0.500. The summed E-state index contributed by atoms with van der Waals surface area (Å²) in [6, 6.07) is 6.20. The van der Waals surface area contributed by atoms with Crippen LogP contribution in [0.15, 0.2) is 22.7 Å². The highest BCUT2D eigenvalue weighted by Crippen LogP contribution is 2.21. The summed E-state index contributed by atoms with van der Waals surface area (Å²) in [7, 11) is 1.72. The van der Waals surface area contributed by atoms with E-state index in [-0.39, 0.29) is 0 Å². The van der Waals surface area contributed by atoms with E-state index in [2.05, 4.69) is 28.2 Å². The molecule has 0 saturated heterocycles. The van der Waals surface area contributed by atoms with Gasteiger partial charge >= 0.3 is 0 Å². The van der Waals surface area contributed by atoms with Crippen LogP contribution in [0.4, 0.5) is 0 Å². The van der Waals surface area contributed by atoms with Crippen molar-refractivity contribution in [1.29, 1.82) is 0 Å². The number of hydrogen-bond acceptors (Lipinski definition) is 2. The molecule has 0 aliphatic rings. The molecule has 0 radical (unpaired) electrons. The first-order valence-corrected chi connectivity index (χ1v) is 6.50. The lowest BCUT2D eigenvalue weighted by atomic mass is 10.2. The molecule has 90 valence electrons. The predicted octanol–water partition coefficient (Wildman–Crippen LogP) is 3.62. The zero-order valence-corrected chi connectivity index (χ0v) is 11.9. The topological polar surface area (TPSA) is 21.3 Å². The fourth-order valence-corrected chi connectivity index (χ4v) is 2.04. The van der Waals surface area contributed by atoms with Crippen molar-refractivity contribution in [2.24, 2.45) is 0 Å². The van der Waals surface area contributed by atoms with Crippen LogP contribution in [-0.2, 0) is 11.3 Å². The third-order valence-electron chi connectivity index (χ3n) is 2.45.